The van der Waals surface area contributed by atoms with Crippen LogP contribution in [0.3, 0.4) is 0 Å². The standard InChI is InChI=1S/C16H22O4.C12H22O4/c1-3-5-11-19-15(17)13-9-7-8-10-14(13)16(18)20-12-6-4-2;1-3-5-7-9(11(13)14)10(12(15)16)8-6-4-2/h7-10H,3-6,11-12H2,1-2H3;9-10H,3-8H2,1-2H3,(H,13,14)(H,15,16). The Labute approximate surface area is 215 Å². The van der Waals surface area contributed by atoms with Crippen molar-refractivity contribution in [2.75, 3.05) is 13.2 Å². The Kier molecular flexibility index (Phi) is 18.7. The summed E-state index contributed by atoms with van der Waals surface area (Å²) in [5, 5.41) is 18.1. The first-order valence-electron chi connectivity index (χ1n) is 13.1. The van der Waals surface area contributed by atoms with Crippen LogP contribution in [0.2, 0.25) is 0 Å². The summed E-state index contributed by atoms with van der Waals surface area (Å²) in [5.74, 6) is -4.36. The van der Waals surface area contributed by atoms with Crippen LogP contribution in [0.25, 0.3) is 0 Å². The Morgan fingerprint density at radius 3 is 1.25 bits per heavy atom. The summed E-state index contributed by atoms with van der Waals surface area (Å²) in [7, 11) is 0. The molecular formula is C28H44O8. The number of benzene rings is 1. The van der Waals surface area contributed by atoms with Crippen molar-refractivity contribution in [1.82, 2.24) is 0 Å². The van der Waals surface area contributed by atoms with E-state index in [0.717, 1.165) is 51.4 Å². The third-order valence-electron chi connectivity index (χ3n) is 5.69. The second kappa shape index (κ2) is 20.3. The third kappa shape index (κ3) is 13.3. The van der Waals surface area contributed by atoms with Crippen LogP contribution in [0.15, 0.2) is 24.3 Å². The van der Waals surface area contributed by atoms with Gasteiger partial charge in [-0.1, -0.05) is 78.4 Å². The van der Waals surface area contributed by atoms with Gasteiger partial charge in [0.05, 0.1) is 36.2 Å². The highest BCUT2D eigenvalue weighted by molar-refractivity contribution is 6.03. The number of rotatable bonds is 17. The van der Waals surface area contributed by atoms with Gasteiger partial charge in [-0.25, -0.2) is 9.59 Å². The zero-order valence-electron chi connectivity index (χ0n) is 22.3. The fraction of sp³-hybridized carbons (Fsp3) is 0.643. The van der Waals surface area contributed by atoms with Gasteiger partial charge in [-0.05, 0) is 37.8 Å². The summed E-state index contributed by atoms with van der Waals surface area (Å²) in [5.41, 5.74) is 0.537. The minimum absolute atomic E-state index is 0.269. The van der Waals surface area contributed by atoms with Crippen LogP contribution >= 0.6 is 0 Å². The number of unbranched alkanes of at least 4 members (excludes halogenated alkanes) is 4. The molecule has 204 valence electrons. The summed E-state index contributed by atoms with van der Waals surface area (Å²) < 4.78 is 10.3. The number of aliphatic carboxylic acids is 2. The molecule has 0 aromatic heterocycles. The fourth-order valence-electron chi connectivity index (χ4n) is 3.45. The van der Waals surface area contributed by atoms with Gasteiger partial charge in [-0.2, -0.15) is 0 Å². The number of ether oxygens (including phenoxy) is 2. The van der Waals surface area contributed by atoms with E-state index in [1.165, 1.54) is 0 Å². The topological polar surface area (TPSA) is 127 Å². The summed E-state index contributed by atoms with van der Waals surface area (Å²) in [6.07, 6.45) is 7.79. The number of hydrogen-bond donors (Lipinski definition) is 2. The summed E-state index contributed by atoms with van der Waals surface area (Å²) >= 11 is 0. The molecule has 1 rings (SSSR count). The lowest BCUT2D eigenvalue weighted by Crippen LogP contribution is -2.29. The van der Waals surface area contributed by atoms with Gasteiger partial charge in [-0.3, -0.25) is 9.59 Å². The van der Waals surface area contributed by atoms with Crippen molar-refractivity contribution >= 4 is 23.9 Å². The predicted octanol–water partition coefficient (Wildman–Crippen LogP) is 6.37. The van der Waals surface area contributed by atoms with Crippen LogP contribution in [-0.2, 0) is 19.1 Å². The molecule has 8 heteroatoms. The molecule has 0 aliphatic carbocycles. The second-order valence-corrected chi connectivity index (χ2v) is 8.70. The predicted molar refractivity (Wildman–Crippen MR) is 138 cm³/mol. The number of esters is 2. The minimum atomic E-state index is -0.975. The highest BCUT2D eigenvalue weighted by Crippen LogP contribution is 2.24. The summed E-state index contributed by atoms with van der Waals surface area (Å²) in [6, 6.07) is 6.59. The zero-order chi connectivity index (χ0) is 27.3. The van der Waals surface area contributed by atoms with Crippen molar-refractivity contribution in [3.8, 4) is 0 Å². The van der Waals surface area contributed by atoms with E-state index >= 15 is 0 Å². The van der Waals surface area contributed by atoms with Gasteiger partial charge in [0.15, 0.2) is 0 Å². The van der Waals surface area contributed by atoms with Crippen molar-refractivity contribution in [3.63, 3.8) is 0 Å². The minimum Gasteiger partial charge on any atom is -0.481 e. The molecule has 36 heavy (non-hydrogen) atoms. The molecule has 2 N–H and O–H groups in total. The van der Waals surface area contributed by atoms with Gasteiger partial charge in [0.25, 0.3) is 0 Å². The molecule has 1 aromatic carbocycles. The average Bonchev–Trinajstić information content (AvgIpc) is 2.86. The van der Waals surface area contributed by atoms with E-state index in [-0.39, 0.29) is 11.1 Å². The lowest BCUT2D eigenvalue weighted by Gasteiger charge is -2.19. The SMILES string of the molecule is CCCCC(C(=O)O)C(CCCC)C(=O)O.CCCCOC(=O)c1ccccc1C(=O)OCCCC. The highest BCUT2D eigenvalue weighted by Gasteiger charge is 2.32. The fourth-order valence-corrected chi connectivity index (χ4v) is 3.45. The van der Waals surface area contributed by atoms with Crippen molar-refractivity contribution in [3.05, 3.63) is 35.4 Å². The normalized spacial score (nSPS) is 12.0. The third-order valence-corrected chi connectivity index (χ3v) is 5.69. The van der Waals surface area contributed by atoms with E-state index in [0.29, 0.717) is 26.1 Å². The van der Waals surface area contributed by atoms with E-state index in [4.69, 9.17) is 19.7 Å². The van der Waals surface area contributed by atoms with E-state index in [2.05, 4.69) is 0 Å². The lowest BCUT2D eigenvalue weighted by molar-refractivity contribution is -0.154. The molecule has 0 radical (unpaired) electrons. The first kappa shape index (κ1) is 33.1. The number of carboxylic acids is 2. The second-order valence-electron chi connectivity index (χ2n) is 8.70. The Morgan fingerprint density at radius 2 is 0.972 bits per heavy atom. The Balaban J connectivity index is 0.000000700. The Morgan fingerprint density at radius 1 is 0.639 bits per heavy atom. The van der Waals surface area contributed by atoms with E-state index < -0.39 is 35.7 Å². The lowest BCUT2D eigenvalue weighted by atomic mass is 9.84. The molecule has 1 aromatic rings. The van der Waals surface area contributed by atoms with Gasteiger partial charge in [0.2, 0.25) is 0 Å². The number of carboxylic acid groups (broad SMARTS) is 2. The van der Waals surface area contributed by atoms with Crippen LogP contribution in [0.1, 0.15) is 113 Å². The summed E-state index contributed by atoms with van der Waals surface area (Å²) in [4.78, 5) is 46.0. The van der Waals surface area contributed by atoms with E-state index in [9.17, 15) is 19.2 Å². The smallest absolute Gasteiger partial charge is 0.339 e. The number of carbonyl (C=O) groups is 4. The molecule has 0 saturated carbocycles. The number of carbonyl (C=O) groups excluding carboxylic acids is 2. The van der Waals surface area contributed by atoms with E-state index in [1.807, 2.05) is 27.7 Å². The van der Waals surface area contributed by atoms with Crippen LogP contribution < -0.4 is 0 Å². The molecule has 0 aliphatic heterocycles. The first-order chi connectivity index (χ1) is 17.2. The highest BCUT2D eigenvalue weighted by atomic mass is 16.5. The first-order valence-corrected chi connectivity index (χ1v) is 13.1. The molecule has 0 saturated heterocycles. The van der Waals surface area contributed by atoms with Gasteiger partial charge in [-0.15, -0.1) is 0 Å². The maximum Gasteiger partial charge on any atom is 0.339 e. The van der Waals surface area contributed by atoms with Crippen LogP contribution in [0.5, 0.6) is 0 Å². The monoisotopic (exact) mass is 508 g/mol. The van der Waals surface area contributed by atoms with Crippen molar-refractivity contribution in [2.45, 2.75) is 91.9 Å². The quantitative estimate of drug-likeness (QED) is 0.184. The molecular weight excluding hydrogens is 464 g/mol. The average molecular weight is 509 g/mol. The van der Waals surface area contributed by atoms with Crippen LogP contribution in [-0.4, -0.2) is 47.3 Å². The molecule has 0 aliphatic rings. The van der Waals surface area contributed by atoms with Gasteiger partial charge >= 0.3 is 23.9 Å². The van der Waals surface area contributed by atoms with Crippen molar-refractivity contribution in [1.29, 1.82) is 0 Å². The molecule has 0 heterocycles. The molecule has 2 atom stereocenters. The molecule has 0 spiro atoms. The Bertz CT molecular complexity index is 725. The molecule has 0 fully saturated rings. The van der Waals surface area contributed by atoms with Gasteiger partial charge < -0.3 is 19.7 Å². The van der Waals surface area contributed by atoms with Gasteiger partial charge in [0, 0.05) is 0 Å². The summed E-state index contributed by atoms with van der Waals surface area (Å²) in [6.45, 7) is 8.73. The van der Waals surface area contributed by atoms with Crippen molar-refractivity contribution in [2.24, 2.45) is 11.8 Å². The molecule has 0 bridgehead atoms. The number of hydrogen-bond acceptors (Lipinski definition) is 6. The molecule has 0 amide bonds. The maximum atomic E-state index is 11.9. The Hall–Kier alpha value is -2.90. The van der Waals surface area contributed by atoms with Crippen molar-refractivity contribution < 1.29 is 38.9 Å². The zero-order valence-corrected chi connectivity index (χ0v) is 22.3. The maximum absolute atomic E-state index is 11.9. The molecule has 2 unspecified atom stereocenters. The van der Waals surface area contributed by atoms with Gasteiger partial charge in [0.1, 0.15) is 0 Å². The molecule has 8 nitrogen and oxygen atoms in total. The van der Waals surface area contributed by atoms with Crippen LogP contribution in [0.4, 0.5) is 0 Å². The van der Waals surface area contributed by atoms with E-state index in [1.54, 1.807) is 24.3 Å². The largest absolute Gasteiger partial charge is 0.481 e. The van der Waals surface area contributed by atoms with Crippen LogP contribution in [0, 0.1) is 11.8 Å².